The Bertz CT molecular complexity index is 506. The lowest BCUT2D eigenvalue weighted by molar-refractivity contribution is 0.0680. The van der Waals surface area contributed by atoms with Crippen molar-refractivity contribution in [3.8, 4) is 0 Å². The van der Waals surface area contributed by atoms with Gasteiger partial charge in [-0.25, -0.2) is 4.98 Å². The van der Waals surface area contributed by atoms with Gasteiger partial charge >= 0.3 is 0 Å². The van der Waals surface area contributed by atoms with Gasteiger partial charge in [-0.2, -0.15) is 0 Å². The summed E-state index contributed by atoms with van der Waals surface area (Å²) < 4.78 is 1.97. The minimum atomic E-state index is -0.919. The number of hydrogen-bond donors (Lipinski definition) is 1. The molecule has 3 heteroatoms. The molecule has 0 saturated carbocycles. The van der Waals surface area contributed by atoms with E-state index in [0.717, 1.165) is 11.2 Å². The number of hydrogen-bond acceptors (Lipinski definition) is 2. The third-order valence-corrected chi connectivity index (χ3v) is 2.67. The summed E-state index contributed by atoms with van der Waals surface area (Å²) in [5.41, 5.74) is 1.20. The highest BCUT2D eigenvalue weighted by atomic mass is 16.3. The maximum atomic E-state index is 10.1. The summed E-state index contributed by atoms with van der Waals surface area (Å²) in [6, 6.07) is 5.99. The standard InChI is InChI=1S/C13H18N2O/c1-9(2)11-10-7-5-6-8-15(10)12(14-11)13(3,4)16/h5-9,16H,1-4H3. The van der Waals surface area contributed by atoms with Gasteiger partial charge in [0.1, 0.15) is 11.4 Å². The normalized spacial score (nSPS) is 12.6. The van der Waals surface area contributed by atoms with Crippen molar-refractivity contribution in [2.24, 2.45) is 0 Å². The molecular weight excluding hydrogens is 200 g/mol. The monoisotopic (exact) mass is 218 g/mol. The molecule has 0 fully saturated rings. The molecule has 0 amide bonds. The van der Waals surface area contributed by atoms with E-state index in [1.165, 1.54) is 0 Å². The minimum Gasteiger partial charge on any atom is -0.382 e. The third-order valence-electron chi connectivity index (χ3n) is 2.67. The molecule has 0 aromatic carbocycles. The van der Waals surface area contributed by atoms with Crippen molar-refractivity contribution in [1.82, 2.24) is 9.38 Å². The maximum Gasteiger partial charge on any atom is 0.145 e. The van der Waals surface area contributed by atoms with Gasteiger partial charge in [0.15, 0.2) is 0 Å². The molecule has 2 heterocycles. The lowest BCUT2D eigenvalue weighted by Crippen LogP contribution is -2.19. The minimum absolute atomic E-state index is 0.355. The van der Waals surface area contributed by atoms with Crippen LogP contribution < -0.4 is 0 Å². The van der Waals surface area contributed by atoms with Gasteiger partial charge in [0, 0.05) is 6.20 Å². The van der Waals surface area contributed by atoms with Crippen LogP contribution in [0.1, 0.15) is 45.1 Å². The summed E-state index contributed by atoms with van der Waals surface area (Å²) in [6.45, 7) is 7.75. The van der Waals surface area contributed by atoms with Crippen molar-refractivity contribution in [3.63, 3.8) is 0 Å². The van der Waals surface area contributed by atoms with Crippen LogP contribution in [0.4, 0.5) is 0 Å². The van der Waals surface area contributed by atoms with Crippen molar-refractivity contribution in [3.05, 3.63) is 35.9 Å². The molecule has 2 rings (SSSR count). The molecule has 2 aromatic rings. The van der Waals surface area contributed by atoms with Crippen molar-refractivity contribution < 1.29 is 5.11 Å². The molecule has 0 spiro atoms. The smallest absolute Gasteiger partial charge is 0.145 e. The van der Waals surface area contributed by atoms with Crippen molar-refractivity contribution in [2.75, 3.05) is 0 Å². The molecule has 0 aliphatic heterocycles. The van der Waals surface area contributed by atoms with E-state index in [2.05, 4.69) is 18.8 Å². The lowest BCUT2D eigenvalue weighted by Gasteiger charge is -2.15. The fourth-order valence-corrected chi connectivity index (χ4v) is 1.92. The largest absolute Gasteiger partial charge is 0.382 e. The van der Waals surface area contributed by atoms with Crippen LogP contribution in [-0.2, 0) is 5.60 Å². The van der Waals surface area contributed by atoms with Crippen LogP contribution >= 0.6 is 0 Å². The number of rotatable bonds is 2. The van der Waals surface area contributed by atoms with E-state index in [1.807, 2.05) is 28.8 Å². The first-order chi connectivity index (χ1) is 7.41. The van der Waals surface area contributed by atoms with Gasteiger partial charge < -0.3 is 9.51 Å². The first-order valence-electron chi connectivity index (χ1n) is 5.61. The topological polar surface area (TPSA) is 37.5 Å². The number of imidazole rings is 1. The van der Waals surface area contributed by atoms with Gasteiger partial charge in [0.2, 0.25) is 0 Å². The summed E-state index contributed by atoms with van der Waals surface area (Å²) in [7, 11) is 0. The van der Waals surface area contributed by atoms with Crippen LogP contribution in [-0.4, -0.2) is 14.5 Å². The molecule has 1 N–H and O–H groups in total. The molecule has 0 atom stereocenters. The highest BCUT2D eigenvalue weighted by Crippen LogP contribution is 2.26. The average molecular weight is 218 g/mol. The Balaban J connectivity index is 2.77. The Labute approximate surface area is 95.8 Å². The van der Waals surface area contributed by atoms with Crippen molar-refractivity contribution in [2.45, 2.75) is 39.2 Å². The van der Waals surface area contributed by atoms with E-state index in [9.17, 15) is 5.11 Å². The predicted octanol–water partition coefficient (Wildman–Crippen LogP) is 2.69. The quantitative estimate of drug-likeness (QED) is 0.841. The number of aromatic nitrogens is 2. The van der Waals surface area contributed by atoms with E-state index in [-0.39, 0.29) is 0 Å². The molecule has 2 aromatic heterocycles. The zero-order valence-electron chi connectivity index (χ0n) is 10.2. The molecule has 0 radical (unpaired) electrons. The maximum absolute atomic E-state index is 10.1. The van der Waals surface area contributed by atoms with Gasteiger partial charge in [-0.1, -0.05) is 19.9 Å². The first-order valence-corrected chi connectivity index (χ1v) is 5.61. The van der Waals surface area contributed by atoms with E-state index >= 15 is 0 Å². The summed E-state index contributed by atoms with van der Waals surface area (Å²) in [6.07, 6.45) is 1.95. The molecule has 0 unspecified atom stereocenters. The first kappa shape index (κ1) is 11.1. The van der Waals surface area contributed by atoms with Gasteiger partial charge in [-0.05, 0) is 31.9 Å². The molecule has 0 aliphatic rings. The van der Waals surface area contributed by atoms with Crippen molar-refractivity contribution in [1.29, 1.82) is 0 Å². The lowest BCUT2D eigenvalue weighted by atomic mass is 10.1. The molecule has 86 valence electrons. The Morgan fingerprint density at radius 3 is 2.56 bits per heavy atom. The number of pyridine rings is 1. The molecule has 0 saturated heterocycles. The molecule has 16 heavy (non-hydrogen) atoms. The zero-order valence-corrected chi connectivity index (χ0v) is 10.2. The van der Waals surface area contributed by atoms with Crippen molar-refractivity contribution >= 4 is 5.52 Å². The third kappa shape index (κ3) is 1.71. The van der Waals surface area contributed by atoms with E-state index in [0.29, 0.717) is 11.7 Å². The molecule has 3 nitrogen and oxygen atoms in total. The number of nitrogens with zero attached hydrogens (tertiary/aromatic N) is 2. The molecular formula is C13H18N2O. The van der Waals surface area contributed by atoms with Crippen LogP contribution in [0.2, 0.25) is 0 Å². The highest BCUT2D eigenvalue weighted by molar-refractivity contribution is 5.54. The van der Waals surface area contributed by atoms with Gasteiger partial charge in [0.05, 0.1) is 11.2 Å². The second-order valence-corrected chi connectivity index (χ2v) is 4.99. The summed E-state index contributed by atoms with van der Waals surface area (Å²) in [5, 5.41) is 10.1. The Hall–Kier alpha value is -1.35. The number of aliphatic hydroxyl groups is 1. The van der Waals surface area contributed by atoms with E-state index < -0.39 is 5.60 Å². The average Bonchev–Trinajstić information content (AvgIpc) is 2.56. The summed E-state index contributed by atoms with van der Waals surface area (Å²) in [5.74, 6) is 1.06. The van der Waals surface area contributed by atoms with Crippen LogP contribution in [0.5, 0.6) is 0 Å². The van der Waals surface area contributed by atoms with Crippen LogP contribution in [0.15, 0.2) is 24.4 Å². The van der Waals surface area contributed by atoms with Gasteiger partial charge in [-0.15, -0.1) is 0 Å². The second-order valence-electron chi connectivity index (χ2n) is 4.99. The Morgan fingerprint density at radius 1 is 1.31 bits per heavy atom. The molecule has 0 bridgehead atoms. The van der Waals surface area contributed by atoms with E-state index in [1.54, 1.807) is 13.8 Å². The van der Waals surface area contributed by atoms with Gasteiger partial charge in [-0.3, -0.25) is 0 Å². The van der Waals surface area contributed by atoms with Crippen LogP contribution in [0.25, 0.3) is 5.52 Å². The predicted molar refractivity (Wildman–Crippen MR) is 64.5 cm³/mol. The van der Waals surface area contributed by atoms with Crippen LogP contribution in [0, 0.1) is 0 Å². The fraction of sp³-hybridized carbons (Fsp3) is 0.462. The summed E-state index contributed by atoms with van der Waals surface area (Å²) >= 11 is 0. The fourth-order valence-electron chi connectivity index (χ4n) is 1.92. The highest BCUT2D eigenvalue weighted by Gasteiger charge is 2.24. The SMILES string of the molecule is CC(C)c1nc(C(C)(C)O)n2ccccc12. The second kappa shape index (κ2) is 3.59. The Morgan fingerprint density at radius 2 is 2.00 bits per heavy atom. The Kier molecular flexibility index (Phi) is 2.50. The zero-order chi connectivity index (χ0) is 11.9. The van der Waals surface area contributed by atoms with Crippen LogP contribution in [0.3, 0.4) is 0 Å². The number of fused-ring (bicyclic) bond motifs is 1. The molecule has 0 aliphatic carbocycles. The summed E-state index contributed by atoms with van der Waals surface area (Å²) in [4.78, 5) is 4.57. The van der Waals surface area contributed by atoms with E-state index in [4.69, 9.17) is 0 Å². The van der Waals surface area contributed by atoms with Gasteiger partial charge in [0.25, 0.3) is 0 Å².